The molecule has 1 heterocycles. The van der Waals surface area contributed by atoms with Gasteiger partial charge in [-0.05, 0) is 38.3 Å². The van der Waals surface area contributed by atoms with Crippen molar-refractivity contribution in [2.75, 3.05) is 6.61 Å². The topological polar surface area (TPSA) is 74.3 Å². The first kappa shape index (κ1) is 17.1. The Morgan fingerprint density at radius 3 is 2.48 bits per heavy atom. The monoisotopic (exact) mass is 316 g/mol. The number of carbonyl (C=O) groups excluding carboxylic acids is 2. The molecule has 0 bridgehead atoms. The van der Waals surface area contributed by atoms with Crippen molar-refractivity contribution in [3.05, 3.63) is 29.5 Å². The van der Waals surface area contributed by atoms with Crippen LogP contribution >= 0.6 is 0 Å². The molecule has 0 radical (unpaired) electrons. The number of Topliss-reactive ketones (excluding diaryl/α,β-unsaturated/α-hetero) is 1. The molecule has 2 N–H and O–H groups in total. The van der Waals surface area contributed by atoms with Crippen LogP contribution in [0.25, 0.3) is 10.9 Å². The number of nitrogens with two attached hydrogens (primary N) is 1. The van der Waals surface area contributed by atoms with Gasteiger partial charge in [-0.2, -0.15) is 0 Å². The number of aryl methyl sites for hydroxylation is 1. The summed E-state index contributed by atoms with van der Waals surface area (Å²) in [4.78, 5) is 24.1. The van der Waals surface area contributed by atoms with E-state index >= 15 is 0 Å². The number of aromatic nitrogens is 1. The normalized spacial score (nSPS) is 11.2. The quantitative estimate of drug-likeness (QED) is 0.630. The van der Waals surface area contributed by atoms with Crippen LogP contribution in [0.2, 0.25) is 0 Å². The van der Waals surface area contributed by atoms with Crippen molar-refractivity contribution >= 4 is 22.6 Å². The third-order valence-corrected chi connectivity index (χ3v) is 3.83. The number of primary amides is 1. The molecule has 0 aliphatic heterocycles. The van der Waals surface area contributed by atoms with Crippen LogP contribution in [0.4, 0.5) is 0 Å². The van der Waals surface area contributed by atoms with Crippen LogP contribution in [-0.2, 0) is 17.8 Å². The zero-order valence-corrected chi connectivity index (χ0v) is 14.2. The number of ketones is 1. The lowest BCUT2D eigenvalue weighted by atomic mass is 9.99. The third kappa shape index (κ3) is 3.09. The fourth-order valence-electron chi connectivity index (χ4n) is 3.02. The number of amides is 1. The van der Waals surface area contributed by atoms with E-state index in [0.717, 1.165) is 11.2 Å². The zero-order valence-electron chi connectivity index (χ0n) is 14.2. The van der Waals surface area contributed by atoms with Gasteiger partial charge in [0.05, 0.1) is 23.1 Å². The molecule has 1 amide bonds. The van der Waals surface area contributed by atoms with Crippen molar-refractivity contribution in [3.8, 4) is 5.75 Å². The lowest BCUT2D eigenvalue weighted by Crippen LogP contribution is -2.24. The Labute approximate surface area is 136 Å². The fraction of sp³-hybridized carbons (Fsp3) is 0.444. The summed E-state index contributed by atoms with van der Waals surface area (Å²) in [7, 11) is 0. The Morgan fingerprint density at radius 2 is 1.96 bits per heavy atom. The van der Waals surface area contributed by atoms with E-state index in [1.807, 2.05) is 32.0 Å². The molecule has 1 aromatic carbocycles. The molecule has 5 heteroatoms. The van der Waals surface area contributed by atoms with Crippen LogP contribution in [0, 0.1) is 5.92 Å². The van der Waals surface area contributed by atoms with Gasteiger partial charge in [-0.25, -0.2) is 0 Å². The van der Waals surface area contributed by atoms with E-state index in [2.05, 4.69) is 18.4 Å². The Balaban J connectivity index is 2.89. The van der Waals surface area contributed by atoms with Crippen molar-refractivity contribution < 1.29 is 14.3 Å². The summed E-state index contributed by atoms with van der Waals surface area (Å²) in [6, 6.07) is 5.67. The molecule has 0 unspecified atom stereocenters. The molecule has 124 valence electrons. The molecule has 0 saturated carbocycles. The average Bonchev–Trinajstić information content (AvgIpc) is 2.80. The Morgan fingerprint density at radius 1 is 1.26 bits per heavy atom. The minimum Gasteiger partial charge on any atom is -0.493 e. The molecule has 0 spiro atoms. The lowest BCUT2D eigenvalue weighted by Gasteiger charge is -2.11. The second-order valence-electron chi connectivity index (χ2n) is 5.94. The molecule has 1 aromatic heterocycles. The summed E-state index contributed by atoms with van der Waals surface area (Å²) in [6.07, 6.45) is 0.697. The van der Waals surface area contributed by atoms with E-state index in [0.29, 0.717) is 42.2 Å². The van der Waals surface area contributed by atoms with Crippen molar-refractivity contribution in [3.63, 3.8) is 0 Å². The van der Waals surface area contributed by atoms with E-state index in [9.17, 15) is 9.59 Å². The highest BCUT2D eigenvalue weighted by Crippen LogP contribution is 2.35. The molecule has 0 saturated heterocycles. The van der Waals surface area contributed by atoms with Gasteiger partial charge >= 0.3 is 0 Å². The van der Waals surface area contributed by atoms with Gasteiger partial charge in [0.15, 0.2) is 0 Å². The second-order valence-corrected chi connectivity index (χ2v) is 5.94. The molecular formula is C18H24N2O3. The molecule has 0 aliphatic carbocycles. The SMILES string of the molecule is CCOc1cccc2c1c(C(=O)C(N)=O)c(CC(C)C)n2CC. The van der Waals surface area contributed by atoms with E-state index in [-0.39, 0.29) is 0 Å². The van der Waals surface area contributed by atoms with Crippen molar-refractivity contribution in [2.24, 2.45) is 11.7 Å². The molecule has 0 atom stereocenters. The Hall–Kier alpha value is -2.30. The predicted octanol–water partition coefficient (Wildman–Crippen LogP) is 2.93. The number of hydrogen-bond donors (Lipinski definition) is 1. The van der Waals surface area contributed by atoms with Gasteiger partial charge in [-0.1, -0.05) is 19.9 Å². The molecule has 2 rings (SSSR count). The average molecular weight is 316 g/mol. The molecular weight excluding hydrogens is 292 g/mol. The van der Waals surface area contributed by atoms with Gasteiger partial charge in [-0.15, -0.1) is 0 Å². The summed E-state index contributed by atoms with van der Waals surface area (Å²) >= 11 is 0. The summed E-state index contributed by atoms with van der Waals surface area (Å²) in [5, 5.41) is 0.690. The van der Waals surface area contributed by atoms with Gasteiger partial charge in [0.1, 0.15) is 5.75 Å². The van der Waals surface area contributed by atoms with E-state index in [1.165, 1.54) is 0 Å². The summed E-state index contributed by atoms with van der Waals surface area (Å²) in [6.45, 7) is 9.27. The van der Waals surface area contributed by atoms with Crippen LogP contribution < -0.4 is 10.5 Å². The maximum atomic E-state index is 12.5. The maximum absolute atomic E-state index is 12.5. The highest BCUT2D eigenvalue weighted by atomic mass is 16.5. The zero-order chi connectivity index (χ0) is 17.1. The second kappa shape index (κ2) is 6.86. The number of nitrogens with zero attached hydrogens (tertiary/aromatic N) is 1. The van der Waals surface area contributed by atoms with Gasteiger partial charge in [0.2, 0.25) is 0 Å². The minimum absolute atomic E-state index is 0.347. The molecule has 2 aromatic rings. The smallest absolute Gasteiger partial charge is 0.289 e. The van der Waals surface area contributed by atoms with Crippen LogP contribution in [0.5, 0.6) is 5.75 Å². The third-order valence-electron chi connectivity index (χ3n) is 3.83. The number of hydrogen-bond acceptors (Lipinski definition) is 3. The molecule has 5 nitrogen and oxygen atoms in total. The van der Waals surface area contributed by atoms with Crippen molar-refractivity contribution in [1.82, 2.24) is 4.57 Å². The van der Waals surface area contributed by atoms with Crippen molar-refractivity contribution in [1.29, 1.82) is 0 Å². The van der Waals surface area contributed by atoms with Gasteiger partial charge < -0.3 is 15.0 Å². The van der Waals surface area contributed by atoms with E-state index in [1.54, 1.807) is 0 Å². The first-order chi connectivity index (χ1) is 10.9. The Kier molecular flexibility index (Phi) is 5.08. The largest absolute Gasteiger partial charge is 0.493 e. The van der Waals surface area contributed by atoms with Crippen LogP contribution in [0.1, 0.15) is 43.7 Å². The van der Waals surface area contributed by atoms with Gasteiger partial charge in [-0.3, -0.25) is 9.59 Å². The standard InChI is InChI=1S/C18H24N2O3/c1-5-20-12-8-7-9-14(23-6-2)15(12)16(17(21)18(19)22)13(20)10-11(3)4/h7-9,11H,5-6,10H2,1-4H3,(H2,19,22). The first-order valence-corrected chi connectivity index (χ1v) is 8.03. The first-order valence-electron chi connectivity index (χ1n) is 8.03. The highest BCUT2D eigenvalue weighted by molar-refractivity contribution is 6.45. The number of rotatable bonds is 7. The van der Waals surface area contributed by atoms with Crippen LogP contribution in [0.15, 0.2) is 18.2 Å². The highest BCUT2D eigenvalue weighted by Gasteiger charge is 2.27. The van der Waals surface area contributed by atoms with Crippen LogP contribution in [-0.4, -0.2) is 22.9 Å². The van der Waals surface area contributed by atoms with Crippen molar-refractivity contribution in [2.45, 2.75) is 40.7 Å². The summed E-state index contributed by atoms with van der Waals surface area (Å²) < 4.78 is 7.77. The fourth-order valence-corrected chi connectivity index (χ4v) is 3.02. The van der Waals surface area contributed by atoms with Gasteiger partial charge in [0, 0.05) is 12.2 Å². The van der Waals surface area contributed by atoms with E-state index in [4.69, 9.17) is 10.5 Å². The summed E-state index contributed by atoms with van der Waals surface area (Å²) in [5.74, 6) is -0.618. The number of benzene rings is 1. The van der Waals surface area contributed by atoms with Gasteiger partial charge in [0.25, 0.3) is 11.7 Å². The number of ether oxygens (including phenoxy) is 1. The number of carbonyl (C=O) groups is 2. The maximum Gasteiger partial charge on any atom is 0.289 e. The van der Waals surface area contributed by atoms with Crippen LogP contribution in [0.3, 0.4) is 0 Å². The number of fused-ring (bicyclic) bond motifs is 1. The Bertz CT molecular complexity index is 744. The molecule has 0 aliphatic rings. The summed E-state index contributed by atoms with van der Waals surface area (Å²) in [5.41, 5.74) is 7.45. The molecule has 0 fully saturated rings. The minimum atomic E-state index is -0.934. The van der Waals surface area contributed by atoms with E-state index < -0.39 is 11.7 Å². The molecule has 23 heavy (non-hydrogen) atoms. The lowest BCUT2D eigenvalue weighted by molar-refractivity contribution is -0.114. The predicted molar refractivity (Wildman–Crippen MR) is 90.8 cm³/mol.